The van der Waals surface area contributed by atoms with Crippen LogP contribution in [0, 0.1) is 5.82 Å². The molecule has 2 rings (SSSR count). The average molecular weight is 373 g/mol. The van der Waals surface area contributed by atoms with Crippen molar-refractivity contribution in [2.75, 3.05) is 12.4 Å². The van der Waals surface area contributed by atoms with Crippen LogP contribution in [-0.4, -0.2) is 13.1 Å². The maximum atomic E-state index is 13.2. The van der Waals surface area contributed by atoms with Crippen molar-refractivity contribution in [3.8, 4) is 0 Å². The topological polar surface area (TPSA) is 38.3 Å². The summed E-state index contributed by atoms with van der Waals surface area (Å²) in [7, 11) is 1.29. The second-order valence-corrected chi connectivity index (χ2v) is 5.51. The fourth-order valence-corrected chi connectivity index (χ4v) is 2.62. The highest BCUT2D eigenvalue weighted by Crippen LogP contribution is 2.30. The van der Waals surface area contributed by atoms with Gasteiger partial charge >= 0.3 is 5.97 Å². The molecular formula is C15H12BrClFNO2. The van der Waals surface area contributed by atoms with Crippen LogP contribution in [0.3, 0.4) is 0 Å². The number of carbonyl (C=O) groups is 1. The Bertz CT molecular complexity index is 666. The van der Waals surface area contributed by atoms with Crippen molar-refractivity contribution in [2.45, 2.75) is 6.04 Å². The van der Waals surface area contributed by atoms with Crippen LogP contribution in [0.5, 0.6) is 0 Å². The molecule has 1 atom stereocenters. The molecule has 0 saturated heterocycles. The zero-order valence-corrected chi connectivity index (χ0v) is 13.4. The first-order chi connectivity index (χ1) is 10.0. The lowest BCUT2D eigenvalue weighted by Gasteiger charge is -2.20. The van der Waals surface area contributed by atoms with Gasteiger partial charge in [-0.1, -0.05) is 45.7 Å². The van der Waals surface area contributed by atoms with Gasteiger partial charge in [0.2, 0.25) is 0 Å². The van der Waals surface area contributed by atoms with Crippen molar-refractivity contribution >= 4 is 39.2 Å². The Morgan fingerprint density at radius 2 is 2.05 bits per heavy atom. The molecule has 0 spiro atoms. The Morgan fingerprint density at radius 1 is 1.33 bits per heavy atom. The number of hydrogen-bond donors (Lipinski definition) is 1. The predicted molar refractivity (Wildman–Crippen MR) is 83.9 cm³/mol. The maximum Gasteiger partial charge on any atom is 0.333 e. The monoisotopic (exact) mass is 371 g/mol. The highest BCUT2D eigenvalue weighted by Gasteiger charge is 2.24. The van der Waals surface area contributed by atoms with Crippen LogP contribution < -0.4 is 5.32 Å². The number of para-hydroxylation sites is 1. The Balaban J connectivity index is 2.40. The number of hydrogen-bond acceptors (Lipinski definition) is 3. The molecule has 0 fully saturated rings. The predicted octanol–water partition coefficient (Wildman–Crippen LogP) is 4.57. The Kier molecular flexibility index (Phi) is 5.20. The second-order valence-electron chi connectivity index (χ2n) is 4.25. The Hall–Kier alpha value is -1.59. The standard InChI is InChI=1S/C15H12BrClFNO2/c1-21-15(20)14(10-7-6-9(18)8-11(10)16)19-13-5-3-2-4-12(13)17/h2-8,14,19H,1H3. The molecule has 2 aromatic rings. The molecule has 1 unspecified atom stereocenters. The van der Waals surface area contributed by atoms with Crippen LogP contribution in [0.25, 0.3) is 0 Å². The van der Waals surface area contributed by atoms with E-state index in [0.717, 1.165) is 0 Å². The second kappa shape index (κ2) is 6.91. The summed E-state index contributed by atoms with van der Waals surface area (Å²) in [5.74, 6) is -0.894. The van der Waals surface area contributed by atoms with Crippen molar-refractivity contribution in [1.82, 2.24) is 0 Å². The van der Waals surface area contributed by atoms with E-state index in [0.29, 0.717) is 20.7 Å². The molecule has 0 aliphatic carbocycles. The van der Waals surface area contributed by atoms with Crippen molar-refractivity contribution in [3.63, 3.8) is 0 Å². The first kappa shape index (κ1) is 15.8. The van der Waals surface area contributed by atoms with Crippen LogP contribution in [0.4, 0.5) is 10.1 Å². The summed E-state index contributed by atoms with van der Waals surface area (Å²) in [5, 5.41) is 3.49. The summed E-state index contributed by atoms with van der Waals surface area (Å²) in [6.07, 6.45) is 0. The molecule has 0 aliphatic heterocycles. The van der Waals surface area contributed by atoms with Gasteiger partial charge in [0, 0.05) is 4.47 Å². The molecule has 0 amide bonds. The number of esters is 1. The number of anilines is 1. The van der Waals surface area contributed by atoms with Crippen molar-refractivity contribution < 1.29 is 13.9 Å². The summed E-state index contributed by atoms with van der Waals surface area (Å²) >= 11 is 9.34. The smallest absolute Gasteiger partial charge is 0.333 e. The van der Waals surface area contributed by atoms with Gasteiger partial charge in [-0.25, -0.2) is 9.18 Å². The van der Waals surface area contributed by atoms with E-state index in [1.54, 1.807) is 24.3 Å². The van der Waals surface area contributed by atoms with E-state index in [4.69, 9.17) is 16.3 Å². The van der Waals surface area contributed by atoms with Gasteiger partial charge < -0.3 is 10.1 Å². The van der Waals surface area contributed by atoms with Gasteiger partial charge in [0.1, 0.15) is 5.82 Å². The van der Waals surface area contributed by atoms with E-state index >= 15 is 0 Å². The van der Waals surface area contributed by atoms with E-state index in [-0.39, 0.29) is 0 Å². The van der Waals surface area contributed by atoms with Gasteiger partial charge in [0.25, 0.3) is 0 Å². The number of ether oxygens (including phenoxy) is 1. The highest BCUT2D eigenvalue weighted by molar-refractivity contribution is 9.10. The van der Waals surface area contributed by atoms with E-state index in [2.05, 4.69) is 21.2 Å². The normalized spacial score (nSPS) is 11.8. The molecule has 110 valence electrons. The lowest BCUT2D eigenvalue weighted by molar-refractivity contribution is -0.141. The molecule has 0 aliphatic rings. The van der Waals surface area contributed by atoms with Gasteiger partial charge in [0.05, 0.1) is 17.8 Å². The van der Waals surface area contributed by atoms with Crippen LogP contribution >= 0.6 is 27.5 Å². The molecule has 0 radical (unpaired) electrons. The van der Waals surface area contributed by atoms with Crippen molar-refractivity contribution in [1.29, 1.82) is 0 Å². The van der Waals surface area contributed by atoms with Crippen molar-refractivity contribution in [3.05, 3.63) is 63.3 Å². The largest absolute Gasteiger partial charge is 0.467 e. The van der Waals surface area contributed by atoms with Gasteiger partial charge in [-0.15, -0.1) is 0 Å². The third-order valence-corrected chi connectivity index (χ3v) is 3.90. The number of nitrogens with one attached hydrogen (secondary N) is 1. The summed E-state index contributed by atoms with van der Waals surface area (Å²) in [5.41, 5.74) is 1.15. The van der Waals surface area contributed by atoms with Gasteiger partial charge in [-0.3, -0.25) is 0 Å². The molecule has 3 nitrogen and oxygen atoms in total. The molecule has 0 aromatic heterocycles. The average Bonchev–Trinajstić information content (AvgIpc) is 2.46. The number of benzene rings is 2. The molecule has 6 heteroatoms. The lowest BCUT2D eigenvalue weighted by atomic mass is 10.1. The van der Waals surface area contributed by atoms with Crippen LogP contribution in [0.1, 0.15) is 11.6 Å². The van der Waals surface area contributed by atoms with Crippen LogP contribution in [-0.2, 0) is 9.53 Å². The quantitative estimate of drug-likeness (QED) is 0.799. The lowest BCUT2D eigenvalue weighted by Crippen LogP contribution is -2.23. The summed E-state index contributed by atoms with van der Waals surface area (Å²) in [6.45, 7) is 0. The summed E-state index contributed by atoms with van der Waals surface area (Å²) < 4.78 is 18.5. The SMILES string of the molecule is COC(=O)C(Nc1ccccc1Cl)c1ccc(F)cc1Br. The third kappa shape index (κ3) is 3.74. The van der Waals surface area contributed by atoms with E-state index < -0.39 is 17.8 Å². The zero-order chi connectivity index (χ0) is 15.4. The minimum absolute atomic E-state index is 0.396. The van der Waals surface area contributed by atoms with E-state index in [1.807, 2.05) is 0 Å². The molecule has 0 bridgehead atoms. The maximum absolute atomic E-state index is 13.2. The van der Waals surface area contributed by atoms with Crippen molar-refractivity contribution in [2.24, 2.45) is 0 Å². The summed E-state index contributed by atoms with van der Waals surface area (Å²) in [4.78, 5) is 12.0. The Labute approximate surface area is 135 Å². The first-order valence-corrected chi connectivity index (χ1v) is 7.24. The fourth-order valence-electron chi connectivity index (χ4n) is 1.85. The molecule has 2 aromatic carbocycles. The minimum Gasteiger partial charge on any atom is -0.467 e. The number of methoxy groups -OCH3 is 1. The molecule has 1 N–H and O–H groups in total. The Morgan fingerprint density at radius 3 is 2.67 bits per heavy atom. The van der Waals surface area contributed by atoms with Gasteiger partial charge in [-0.2, -0.15) is 0 Å². The first-order valence-electron chi connectivity index (χ1n) is 6.06. The number of carbonyl (C=O) groups excluding carboxylic acids is 1. The van der Waals surface area contributed by atoms with Crippen LogP contribution in [0.2, 0.25) is 5.02 Å². The minimum atomic E-state index is -0.801. The fraction of sp³-hybridized carbons (Fsp3) is 0.133. The zero-order valence-electron chi connectivity index (χ0n) is 11.1. The highest BCUT2D eigenvalue weighted by atomic mass is 79.9. The third-order valence-electron chi connectivity index (χ3n) is 2.88. The van der Waals surface area contributed by atoms with Gasteiger partial charge in [0.15, 0.2) is 6.04 Å². The molecule has 0 saturated carbocycles. The van der Waals surface area contributed by atoms with Gasteiger partial charge in [-0.05, 0) is 29.8 Å². The molecule has 0 heterocycles. The summed E-state index contributed by atoms with van der Waals surface area (Å²) in [6, 6.07) is 10.3. The van der Waals surface area contributed by atoms with E-state index in [9.17, 15) is 9.18 Å². The van der Waals surface area contributed by atoms with E-state index in [1.165, 1.54) is 25.3 Å². The number of rotatable bonds is 4. The molecular weight excluding hydrogens is 361 g/mol. The molecule has 21 heavy (non-hydrogen) atoms. The number of halogens is 3. The van der Waals surface area contributed by atoms with Crippen LogP contribution in [0.15, 0.2) is 46.9 Å².